The first-order valence-corrected chi connectivity index (χ1v) is 0.408. The van der Waals surface area contributed by atoms with E-state index in [4.69, 9.17) is 9.59 Å². The molecule has 5 heavy (non-hydrogen) atoms. The van der Waals surface area contributed by atoms with Crippen LogP contribution in [0.5, 0.6) is 0 Å². The number of carbonyl (C=O) groups excluding carboxylic acids is 2. The van der Waals surface area contributed by atoms with Gasteiger partial charge in [-0.3, -0.25) is 0 Å². The van der Waals surface area contributed by atoms with Crippen LogP contribution in [-0.2, 0) is 9.59 Å². The minimum atomic E-state index is 0. The SMILES string of the molecule is O.O=C=O.[He]. The van der Waals surface area contributed by atoms with Crippen molar-refractivity contribution in [1.82, 2.24) is 0 Å². The van der Waals surface area contributed by atoms with E-state index in [9.17, 15) is 0 Å². The maximum absolute atomic E-state index is 8.12. The molecular weight excluding hydrogens is 64.0 g/mol. The standard InChI is InChI=1S/CO2.He.H2O/c2-1-3;;/h;;1H2. The predicted molar refractivity (Wildman–Crippen MR) is 8.62 cm³/mol. The van der Waals surface area contributed by atoms with Gasteiger partial charge in [0.15, 0.2) is 0 Å². The second kappa shape index (κ2) is 265. The van der Waals surface area contributed by atoms with E-state index in [0.29, 0.717) is 0 Å². The zero-order valence-electron chi connectivity index (χ0n) is 2.52. The van der Waals surface area contributed by atoms with E-state index in [0.717, 1.165) is 0 Å². The van der Waals surface area contributed by atoms with Crippen molar-refractivity contribution in [3.8, 4) is 0 Å². The second-order valence-corrected chi connectivity index (χ2v) is 0.0833. The van der Waals surface area contributed by atoms with Crippen LogP contribution in [0, 0.1) is 6.15 Å². The van der Waals surface area contributed by atoms with Crippen LogP contribution in [0.3, 0.4) is 0 Å². The van der Waals surface area contributed by atoms with E-state index in [1.54, 1.807) is 0 Å². The third kappa shape index (κ3) is 8.99. The fraction of sp³-hybridized carbons (Fsp3) is 0. The molecular formula is CH2HeO3. The van der Waals surface area contributed by atoms with Crippen LogP contribution in [0.1, 0.15) is 0 Å². The summed E-state index contributed by atoms with van der Waals surface area (Å²) in [4.78, 5) is 16.2. The third-order valence-electron chi connectivity index (χ3n) is 0. The van der Waals surface area contributed by atoms with E-state index >= 15 is 0 Å². The van der Waals surface area contributed by atoms with Crippen LogP contribution in [-0.4, -0.2) is 11.6 Å². The maximum atomic E-state index is 8.12. The van der Waals surface area contributed by atoms with E-state index in [1.807, 2.05) is 0 Å². The fourth-order valence-electron chi connectivity index (χ4n) is 0. The molecule has 2 N–H and O–H groups in total. The quantitative estimate of drug-likeness (QED) is 0.348. The molecule has 0 saturated carbocycles. The first-order valence-electron chi connectivity index (χ1n) is 0.408. The van der Waals surface area contributed by atoms with Crippen molar-refractivity contribution < 1.29 is 21.2 Å². The van der Waals surface area contributed by atoms with E-state index in [2.05, 4.69) is 0 Å². The Kier molecular flexibility index (Phi) is 1520. The second-order valence-electron chi connectivity index (χ2n) is 0.0833. The summed E-state index contributed by atoms with van der Waals surface area (Å²) in [6.45, 7) is 0. The van der Waals surface area contributed by atoms with Gasteiger partial charge in [-0.1, -0.05) is 0 Å². The van der Waals surface area contributed by atoms with Gasteiger partial charge in [0.2, 0.25) is 0 Å². The van der Waals surface area contributed by atoms with Crippen molar-refractivity contribution in [1.29, 1.82) is 0 Å². The van der Waals surface area contributed by atoms with Gasteiger partial charge in [0, 0.05) is 6.15 Å². The Morgan fingerprint density at radius 1 is 1.20 bits per heavy atom. The Morgan fingerprint density at radius 3 is 1.20 bits per heavy atom. The molecule has 0 aliphatic heterocycles. The normalized spacial score (nSPS) is 1.60. The summed E-state index contributed by atoms with van der Waals surface area (Å²) >= 11 is 0. The van der Waals surface area contributed by atoms with Crippen molar-refractivity contribution in [2.24, 2.45) is 0 Å². The van der Waals surface area contributed by atoms with Crippen LogP contribution in [0.2, 0.25) is 0 Å². The zero-order chi connectivity index (χ0) is 2.71. The molecule has 0 aromatic heterocycles. The average Bonchev–Trinajstić information content (AvgIpc) is 0.918. The zero-order valence-corrected chi connectivity index (χ0v) is 2.52. The first kappa shape index (κ1) is 28.7. The summed E-state index contributed by atoms with van der Waals surface area (Å²) in [5, 5.41) is 0. The smallest absolute Gasteiger partial charge is 0.373 e. The summed E-state index contributed by atoms with van der Waals surface area (Å²) in [5.41, 5.74) is 0. The Morgan fingerprint density at radius 2 is 1.20 bits per heavy atom. The van der Waals surface area contributed by atoms with Gasteiger partial charge in [-0.2, -0.15) is 9.59 Å². The molecule has 26 valence electrons. The fourth-order valence-corrected chi connectivity index (χ4v) is 0. The van der Waals surface area contributed by atoms with E-state index in [1.165, 1.54) is 0 Å². The Hall–Kier alpha value is -0.751. The minimum absolute atomic E-state index is 0. The Bertz CT molecular complexity index is 27.9. The van der Waals surface area contributed by atoms with Crippen LogP contribution in [0.25, 0.3) is 0 Å². The van der Waals surface area contributed by atoms with Gasteiger partial charge in [-0.25, -0.2) is 0 Å². The van der Waals surface area contributed by atoms with Crippen molar-refractivity contribution in [2.45, 2.75) is 0 Å². The molecule has 0 aromatic carbocycles. The van der Waals surface area contributed by atoms with Crippen molar-refractivity contribution in [2.75, 3.05) is 0 Å². The number of hydrogen-bond acceptors (Lipinski definition) is 2. The van der Waals surface area contributed by atoms with Gasteiger partial charge in [-0.05, 0) is 0 Å². The molecule has 0 aliphatic carbocycles. The summed E-state index contributed by atoms with van der Waals surface area (Å²) in [5.74, 6) is 0. The Labute approximate surface area is 28.7 Å². The molecule has 0 saturated heterocycles. The van der Waals surface area contributed by atoms with Gasteiger partial charge in [0.25, 0.3) is 0 Å². The average molecular weight is 66.0 g/mol. The molecule has 0 bridgehead atoms. The van der Waals surface area contributed by atoms with Crippen molar-refractivity contribution in [3.05, 3.63) is 0 Å². The van der Waals surface area contributed by atoms with Gasteiger partial charge in [0.1, 0.15) is 0 Å². The summed E-state index contributed by atoms with van der Waals surface area (Å²) < 4.78 is 0. The molecule has 0 aliphatic rings. The molecule has 0 heterocycles. The molecule has 4 heteroatoms. The molecule has 0 rings (SSSR count). The van der Waals surface area contributed by atoms with E-state index in [-0.39, 0.29) is 17.8 Å². The predicted octanol–water partition coefficient (Wildman–Crippen LogP) is -1.41. The largest absolute Gasteiger partial charge is 0.412 e. The van der Waals surface area contributed by atoms with Crippen LogP contribution in [0.4, 0.5) is 0 Å². The van der Waals surface area contributed by atoms with Crippen LogP contribution >= 0.6 is 0 Å². The third-order valence-corrected chi connectivity index (χ3v) is 0. The van der Waals surface area contributed by atoms with Gasteiger partial charge >= 0.3 is 6.15 Å². The molecule has 0 spiro atoms. The minimum Gasteiger partial charge on any atom is -0.412 e. The van der Waals surface area contributed by atoms with E-state index < -0.39 is 0 Å². The Balaban J connectivity index is -0.0000000200. The molecule has 0 fully saturated rings. The molecule has 3 nitrogen and oxygen atoms in total. The summed E-state index contributed by atoms with van der Waals surface area (Å²) in [7, 11) is 0. The van der Waals surface area contributed by atoms with Crippen molar-refractivity contribution in [3.63, 3.8) is 0 Å². The molecule has 0 amide bonds. The molecule has 0 radical (unpaired) electrons. The molecule has 0 atom stereocenters. The first-order chi connectivity index (χ1) is 1.41. The molecule has 0 aromatic rings. The van der Waals surface area contributed by atoms with Gasteiger partial charge in [-0.15, -0.1) is 0 Å². The summed E-state index contributed by atoms with van der Waals surface area (Å²) in [6, 6.07) is 0. The van der Waals surface area contributed by atoms with Gasteiger partial charge in [0.05, 0.1) is 0 Å². The topological polar surface area (TPSA) is 65.6 Å². The molecule has 0 unspecified atom stereocenters. The monoisotopic (exact) mass is 66.0 g/mol. The maximum Gasteiger partial charge on any atom is 0.373 e. The number of hydrogen-bond donors (Lipinski definition) is 0. The summed E-state index contributed by atoms with van der Waals surface area (Å²) in [6.07, 6.45) is 0.250. The number of rotatable bonds is 0. The van der Waals surface area contributed by atoms with Gasteiger partial charge < -0.3 is 5.48 Å². The van der Waals surface area contributed by atoms with Crippen molar-refractivity contribution >= 4 is 6.15 Å². The van der Waals surface area contributed by atoms with Crippen LogP contribution in [0.15, 0.2) is 0 Å². The van der Waals surface area contributed by atoms with Crippen LogP contribution < -0.4 is 0 Å².